The van der Waals surface area contributed by atoms with Crippen LogP contribution in [0.2, 0.25) is 0 Å². The largest absolute Gasteiger partial charge is 0.312 e. The third kappa shape index (κ3) is 4.63. The predicted octanol–water partition coefficient (Wildman–Crippen LogP) is 1.14. The Morgan fingerprint density at radius 2 is 2.00 bits per heavy atom. The van der Waals surface area contributed by atoms with Gasteiger partial charge in [-0.25, -0.2) is 8.42 Å². The van der Waals surface area contributed by atoms with Gasteiger partial charge in [0.2, 0.25) is 10.0 Å². The minimum absolute atomic E-state index is 0. The molecule has 1 atom stereocenters. The van der Waals surface area contributed by atoms with E-state index >= 15 is 0 Å². The van der Waals surface area contributed by atoms with Gasteiger partial charge in [0.1, 0.15) is 0 Å². The van der Waals surface area contributed by atoms with Gasteiger partial charge in [-0.15, -0.1) is 12.4 Å². The summed E-state index contributed by atoms with van der Waals surface area (Å²) in [6.07, 6.45) is 0. The van der Waals surface area contributed by atoms with Crippen molar-refractivity contribution in [1.29, 1.82) is 0 Å². The van der Waals surface area contributed by atoms with Gasteiger partial charge in [-0.2, -0.15) is 4.31 Å². The molecule has 0 aliphatic carbocycles. The Hall–Kier alpha value is -1.22. The van der Waals surface area contributed by atoms with Gasteiger partial charge in [-0.3, -0.25) is 10.1 Å². The number of nitrogens with one attached hydrogen (secondary N) is 1. The van der Waals surface area contributed by atoms with Gasteiger partial charge in [-0.1, -0.05) is 12.1 Å². The highest BCUT2D eigenvalue weighted by molar-refractivity contribution is 7.88. The van der Waals surface area contributed by atoms with Gasteiger partial charge in [-0.05, 0) is 12.5 Å². The number of halogens is 1. The number of benzene rings is 1. The van der Waals surface area contributed by atoms with E-state index in [0.717, 1.165) is 0 Å². The Bertz CT molecular complexity index is 591. The molecule has 1 aromatic carbocycles. The van der Waals surface area contributed by atoms with E-state index in [0.29, 0.717) is 25.2 Å². The lowest BCUT2D eigenvalue weighted by atomic mass is 10.2. The van der Waals surface area contributed by atoms with E-state index in [1.54, 1.807) is 0 Å². The molecule has 1 N–H and O–H groups in total. The Labute approximate surface area is 129 Å². The summed E-state index contributed by atoms with van der Waals surface area (Å²) in [7, 11) is -3.38. The van der Waals surface area contributed by atoms with Crippen LogP contribution >= 0.6 is 12.4 Å². The van der Waals surface area contributed by atoms with Crippen molar-refractivity contribution >= 4 is 28.1 Å². The second kappa shape index (κ2) is 7.17. The SMILES string of the molecule is C[C@H]1CN(S(=O)(=O)Cc2ccc([N+](=O)[O-])cc2)CCN1.Cl. The van der Waals surface area contributed by atoms with Crippen LogP contribution in [0.5, 0.6) is 0 Å². The highest BCUT2D eigenvalue weighted by Crippen LogP contribution is 2.16. The fraction of sp³-hybridized carbons (Fsp3) is 0.500. The molecule has 0 amide bonds. The van der Waals surface area contributed by atoms with Crippen LogP contribution in [0, 0.1) is 10.1 Å². The molecular weight excluding hydrogens is 318 g/mol. The Kier molecular flexibility index (Phi) is 6.09. The molecular formula is C12H18ClN3O4S. The second-order valence-corrected chi connectivity index (χ2v) is 6.86. The topological polar surface area (TPSA) is 92.5 Å². The van der Waals surface area contributed by atoms with Crippen LogP contribution in [0.4, 0.5) is 5.69 Å². The normalized spacial score (nSPS) is 19.8. The molecule has 0 spiro atoms. The van der Waals surface area contributed by atoms with Crippen molar-refractivity contribution in [2.24, 2.45) is 0 Å². The summed E-state index contributed by atoms with van der Waals surface area (Å²) in [5.41, 5.74) is 0.517. The second-order valence-electron chi connectivity index (χ2n) is 4.89. The first kappa shape index (κ1) is 17.8. The molecule has 0 radical (unpaired) electrons. The van der Waals surface area contributed by atoms with Crippen LogP contribution in [-0.4, -0.2) is 43.3 Å². The van der Waals surface area contributed by atoms with Gasteiger partial charge in [0.25, 0.3) is 5.69 Å². The molecule has 1 heterocycles. The lowest BCUT2D eigenvalue weighted by Crippen LogP contribution is -2.51. The summed E-state index contributed by atoms with van der Waals surface area (Å²) >= 11 is 0. The van der Waals surface area contributed by atoms with Crippen LogP contribution in [0.15, 0.2) is 24.3 Å². The maximum Gasteiger partial charge on any atom is 0.269 e. The van der Waals surface area contributed by atoms with Crippen molar-refractivity contribution in [3.05, 3.63) is 39.9 Å². The molecule has 7 nitrogen and oxygen atoms in total. The number of nitro benzene ring substituents is 1. The molecule has 118 valence electrons. The first-order valence-corrected chi connectivity index (χ1v) is 7.94. The maximum atomic E-state index is 12.3. The average Bonchev–Trinajstić information content (AvgIpc) is 2.39. The van der Waals surface area contributed by atoms with E-state index in [1.165, 1.54) is 28.6 Å². The van der Waals surface area contributed by atoms with Crippen molar-refractivity contribution in [3.8, 4) is 0 Å². The van der Waals surface area contributed by atoms with E-state index in [9.17, 15) is 18.5 Å². The molecule has 1 aliphatic rings. The number of rotatable bonds is 4. The minimum Gasteiger partial charge on any atom is -0.312 e. The molecule has 1 aliphatic heterocycles. The third-order valence-corrected chi connectivity index (χ3v) is 5.04. The molecule has 21 heavy (non-hydrogen) atoms. The fourth-order valence-corrected chi connectivity index (χ4v) is 3.78. The van der Waals surface area contributed by atoms with Gasteiger partial charge in [0.15, 0.2) is 0 Å². The lowest BCUT2D eigenvalue weighted by molar-refractivity contribution is -0.384. The van der Waals surface area contributed by atoms with Crippen molar-refractivity contribution in [3.63, 3.8) is 0 Å². The molecule has 9 heteroatoms. The Balaban J connectivity index is 0.00000220. The summed E-state index contributed by atoms with van der Waals surface area (Å²) in [6.45, 7) is 3.49. The van der Waals surface area contributed by atoms with E-state index in [2.05, 4.69) is 5.32 Å². The third-order valence-electron chi connectivity index (χ3n) is 3.22. The molecule has 2 rings (SSSR count). The highest BCUT2D eigenvalue weighted by Gasteiger charge is 2.26. The number of non-ortho nitro benzene ring substituents is 1. The number of nitrogens with zero attached hydrogens (tertiary/aromatic N) is 2. The fourth-order valence-electron chi connectivity index (χ4n) is 2.17. The monoisotopic (exact) mass is 335 g/mol. The van der Waals surface area contributed by atoms with Crippen LogP contribution in [0.25, 0.3) is 0 Å². The van der Waals surface area contributed by atoms with Crippen LogP contribution < -0.4 is 5.32 Å². The molecule has 0 unspecified atom stereocenters. The highest BCUT2D eigenvalue weighted by atomic mass is 35.5. The zero-order valence-electron chi connectivity index (χ0n) is 11.6. The van der Waals surface area contributed by atoms with E-state index in [-0.39, 0.29) is 29.9 Å². The van der Waals surface area contributed by atoms with Crippen molar-refractivity contribution < 1.29 is 13.3 Å². The summed E-state index contributed by atoms with van der Waals surface area (Å²) in [5.74, 6) is -0.127. The number of nitro groups is 1. The minimum atomic E-state index is -3.38. The van der Waals surface area contributed by atoms with Crippen LogP contribution in [-0.2, 0) is 15.8 Å². The maximum absolute atomic E-state index is 12.3. The summed E-state index contributed by atoms with van der Waals surface area (Å²) < 4.78 is 26.0. The van der Waals surface area contributed by atoms with Gasteiger partial charge >= 0.3 is 0 Å². The van der Waals surface area contributed by atoms with Crippen molar-refractivity contribution in [2.75, 3.05) is 19.6 Å². The van der Waals surface area contributed by atoms with Crippen molar-refractivity contribution in [2.45, 2.75) is 18.7 Å². The standard InChI is InChI=1S/C12H17N3O4S.ClH/c1-10-8-14(7-6-13-10)20(18,19)9-11-2-4-12(5-3-11)15(16)17;/h2-5,10,13H,6-9H2,1H3;1H/t10-;/m0./s1. The number of hydrogen-bond acceptors (Lipinski definition) is 5. The van der Waals surface area contributed by atoms with Crippen molar-refractivity contribution in [1.82, 2.24) is 9.62 Å². The molecule has 0 saturated carbocycles. The molecule has 1 fully saturated rings. The summed E-state index contributed by atoms with van der Waals surface area (Å²) in [5, 5.41) is 13.7. The Morgan fingerprint density at radius 3 is 2.52 bits per heavy atom. The molecule has 1 aromatic rings. The zero-order valence-corrected chi connectivity index (χ0v) is 13.2. The van der Waals surface area contributed by atoms with Gasteiger partial charge < -0.3 is 5.32 Å². The number of piperazine rings is 1. The van der Waals surface area contributed by atoms with Crippen LogP contribution in [0.3, 0.4) is 0 Å². The molecule has 0 bridgehead atoms. The average molecular weight is 336 g/mol. The lowest BCUT2D eigenvalue weighted by Gasteiger charge is -2.31. The quantitative estimate of drug-likeness (QED) is 0.658. The predicted molar refractivity (Wildman–Crippen MR) is 82.0 cm³/mol. The number of sulfonamides is 1. The van der Waals surface area contributed by atoms with E-state index < -0.39 is 14.9 Å². The Morgan fingerprint density at radius 1 is 1.38 bits per heavy atom. The summed E-state index contributed by atoms with van der Waals surface area (Å²) in [6, 6.07) is 5.76. The number of hydrogen-bond donors (Lipinski definition) is 1. The first-order valence-electron chi connectivity index (χ1n) is 6.33. The first-order chi connectivity index (χ1) is 9.38. The molecule has 0 aromatic heterocycles. The summed E-state index contributed by atoms with van der Waals surface area (Å²) in [4.78, 5) is 10.0. The van der Waals surface area contributed by atoms with Crippen LogP contribution in [0.1, 0.15) is 12.5 Å². The van der Waals surface area contributed by atoms with Gasteiger partial charge in [0.05, 0.1) is 10.7 Å². The van der Waals surface area contributed by atoms with E-state index in [4.69, 9.17) is 0 Å². The van der Waals surface area contributed by atoms with Gasteiger partial charge in [0, 0.05) is 37.8 Å². The smallest absolute Gasteiger partial charge is 0.269 e. The zero-order chi connectivity index (χ0) is 14.8. The molecule has 1 saturated heterocycles. The van der Waals surface area contributed by atoms with E-state index in [1.807, 2.05) is 6.92 Å².